The summed E-state index contributed by atoms with van der Waals surface area (Å²) < 4.78 is 10.6. The zero-order chi connectivity index (χ0) is 15.7. The molecule has 1 aromatic carbocycles. The number of ether oxygens (including phenoxy) is 2. The van der Waals surface area contributed by atoms with Crippen molar-refractivity contribution in [3.05, 3.63) is 23.8 Å². The van der Waals surface area contributed by atoms with Crippen LogP contribution in [0, 0.1) is 0 Å². The molecule has 0 aliphatic carbocycles. The molecule has 0 fully saturated rings. The highest BCUT2D eigenvalue weighted by Gasteiger charge is 2.07. The first kappa shape index (κ1) is 16.6. The summed E-state index contributed by atoms with van der Waals surface area (Å²) >= 11 is 0. The van der Waals surface area contributed by atoms with E-state index in [0.717, 1.165) is 5.56 Å². The van der Waals surface area contributed by atoms with Gasteiger partial charge in [-0.3, -0.25) is 4.79 Å². The van der Waals surface area contributed by atoms with E-state index >= 15 is 0 Å². The molecule has 7 heteroatoms. The highest BCUT2D eigenvalue weighted by atomic mass is 16.5. The molecule has 0 spiro atoms. The molecule has 1 rings (SSSR count). The van der Waals surface area contributed by atoms with Gasteiger partial charge in [-0.15, -0.1) is 0 Å². The van der Waals surface area contributed by atoms with Crippen molar-refractivity contribution in [3.63, 3.8) is 0 Å². The predicted octanol–water partition coefficient (Wildman–Crippen LogP) is 1.37. The average molecular weight is 296 g/mol. The predicted molar refractivity (Wildman–Crippen MR) is 76.7 cm³/mol. The van der Waals surface area contributed by atoms with Crippen LogP contribution >= 0.6 is 0 Å². The van der Waals surface area contributed by atoms with Crippen LogP contribution in [0.2, 0.25) is 0 Å². The maximum atomic E-state index is 11.5. The second-order valence-corrected chi connectivity index (χ2v) is 4.17. The van der Waals surface area contributed by atoms with Crippen molar-refractivity contribution in [1.82, 2.24) is 10.6 Å². The molecule has 7 nitrogen and oxygen atoms in total. The van der Waals surface area contributed by atoms with Crippen LogP contribution in [0.4, 0.5) is 4.79 Å². The monoisotopic (exact) mass is 296 g/mol. The zero-order valence-corrected chi connectivity index (χ0v) is 12.1. The van der Waals surface area contributed by atoms with E-state index in [9.17, 15) is 9.59 Å². The van der Waals surface area contributed by atoms with Gasteiger partial charge in [-0.1, -0.05) is 6.07 Å². The Morgan fingerprint density at radius 3 is 2.62 bits per heavy atom. The Kier molecular flexibility index (Phi) is 6.86. The van der Waals surface area contributed by atoms with Gasteiger partial charge >= 0.3 is 12.0 Å². The number of aliphatic carboxylic acids is 1. The summed E-state index contributed by atoms with van der Waals surface area (Å²) in [6.45, 7) is 2.79. The number of benzene rings is 1. The first-order valence-corrected chi connectivity index (χ1v) is 6.60. The number of carbonyl (C=O) groups is 2. The Morgan fingerprint density at radius 1 is 1.24 bits per heavy atom. The number of hydrogen-bond donors (Lipinski definition) is 3. The van der Waals surface area contributed by atoms with Crippen LogP contribution in [0.25, 0.3) is 0 Å². The molecule has 21 heavy (non-hydrogen) atoms. The van der Waals surface area contributed by atoms with E-state index in [-0.39, 0.29) is 13.0 Å². The maximum Gasteiger partial charge on any atom is 0.315 e. The topological polar surface area (TPSA) is 96.9 Å². The summed E-state index contributed by atoms with van der Waals surface area (Å²) in [5.74, 6) is 0.295. The fourth-order valence-electron chi connectivity index (χ4n) is 1.63. The second kappa shape index (κ2) is 8.68. The fraction of sp³-hybridized carbons (Fsp3) is 0.429. The van der Waals surface area contributed by atoms with Crippen LogP contribution in [0.1, 0.15) is 18.9 Å². The lowest BCUT2D eigenvalue weighted by atomic mass is 10.2. The molecule has 116 valence electrons. The first-order chi connectivity index (χ1) is 10.1. The van der Waals surface area contributed by atoms with Gasteiger partial charge in [0, 0.05) is 13.1 Å². The molecular formula is C14H20N2O5. The van der Waals surface area contributed by atoms with Crippen LogP contribution in [-0.4, -0.2) is 37.4 Å². The van der Waals surface area contributed by atoms with E-state index in [1.54, 1.807) is 19.2 Å². The average Bonchev–Trinajstić information content (AvgIpc) is 2.45. The first-order valence-electron chi connectivity index (χ1n) is 6.60. The van der Waals surface area contributed by atoms with Crippen molar-refractivity contribution >= 4 is 12.0 Å². The summed E-state index contributed by atoms with van der Waals surface area (Å²) in [5, 5.41) is 13.6. The molecule has 2 amide bonds. The van der Waals surface area contributed by atoms with Gasteiger partial charge in [0.1, 0.15) is 0 Å². The minimum Gasteiger partial charge on any atom is -0.493 e. The summed E-state index contributed by atoms with van der Waals surface area (Å²) in [4.78, 5) is 21.8. The van der Waals surface area contributed by atoms with E-state index in [1.807, 2.05) is 13.0 Å². The molecule has 3 N–H and O–H groups in total. The summed E-state index contributed by atoms with van der Waals surface area (Å²) in [5.41, 5.74) is 0.854. The van der Waals surface area contributed by atoms with Crippen LogP contribution in [0.15, 0.2) is 18.2 Å². The van der Waals surface area contributed by atoms with E-state index in [0.29, 0.717) is 24.7 Å². The normalized spacial score (nSPS) is 9.81. The van der Waals surface area contributed by atoms with Gasteiger partial charge < -0.3 is 25.2 Å². The van der Waals surface area contributed by atoms with Crippen LogP contribution in [-0.2, 0) is 11.3 Å². The molecule has 0 aliphatic rings. The van der Waals surface area contributed by atoms with E-state index in [1.165, 1.54) is 0 Å². The van der Waals surface area contributed by atoms with Gasteiger partial charge in [0.15, 0.2) is 11.5 Å². The number of amides is 2. The molecule has 0 atom stereocenters. The van der Waals surface area contributed by atoms with Gasteiger partial charge in [0.05, 0.1) is 20.1 Å². The van der Waals surface area contributed by atoms with E-state index < -0.39 is 12.0 Å². The smallest absolute Gasteiger partial charge is 0.315 e. The molecular weight excluding hydrogens is 276 g/mol. The number of hydrogen-bond acceptors (Lipinski definition) is 4. The fourth-order valence-corrected chi connectivity index (χ4v) is 1.63. The Bertz CT molecular complexity index is 490. The zero-order valence-electron chi connectivity index (χ0n) is 12.1. The standard InChI is InChI=1S/C14H20N2O5/c1-3-21-12-8-10(4-5-11(12)20-2)9-16-14(19)15-7-6-13(17)18/h4-5,8H,3,6-7,9H2,1-2H3,(H,17,18)(H2,15,16,19). The minimum atomic E-state index is -0.952. The number of carboxylic acids is 1. The van der Waals surface area contributed by atoms with E-state index in [4.69, 9.17) is 14.6 Å². The van der Waals surface area contributed by atoms with Crippen molar-refractivity contribution in [2.75, 3.05) is 20.3 Å². The number of rotatable bonds is 8. The maximum absolute atomic E-state index is 11.5. The number of nitrogens with one attached hydrogen (secondary N) is 2. The van der Waals surface area contributed by atoms with Crippen molar-refractivity contribution < 1.29 is 24.2 Å². The SMILES string of the molecule is CCOc1cc(CNC(=O)NCCC(=O)O)ccc1OC. The molecule has 0 heterocycles. The van der Waals surface area contributed by atoms with Gasteiger partial charge in [0.25, 0.3) is 0 Å². The van der Waals surface area contributed by atoms with Gasteiger partial charge in [-0.25, -0.2) is 4.79 Å². The molecule has 0 aliphatic heterocycles. The number of carboxylic acid groups (broad SMARTS) is 1. The Hall–Kier alpha value is -2.44. The third kappa shape index (κ3) is 6.03. The number of urea groups is 1. The van der Waals surface area contributed by atoms with Crippen LogP contribution in [0.3, 0.4) is 0 Å². The lowest BCUT2D eigenvalue weighted by molar-refractivity contribution is -0.136. The van der Waals surface area contributed by atoms with Crippen LogP contribution < -0.4 is 20.1 Å². The van der Waals surface area contributed by atoms with Crippen molar-refractivity contribution in [3.8, 4) is 11.5 Å². The molecule has 0 unspecified atom stereocenters. The Balaban J connectivity index is 2.49. The highest BCUT2D eigenvalue weighted by Crippen LogP contribution is 2.27. The van der Waals surface area contributed by atoms with Crippen molar-refractivity contribution in [2.45, 2.75) is 19.9 Å². The number of methoxy groups -OCH3 is 1. The van der Waals surface area contributed by atoms with Gasteiger partial charge in [0.2, 0.25) is 0 Å². The van der Waals surface area contributed by atoms with E-state index in [2.05, 4.69) is 10.6 Å². The summed E-state index contributed by atoms with van der Waals surface area (Å²) in [6, 6.07) is 4.97. The third-order valence-electron chi connectivity index (χ3n) is 2.61. The highest BCUT2D eigenvalue weighted by molar-refractivity contribution is 5.75. The second-order valence-electron chi connectivity index (χ2n) is 4.17. The Labute approximate surface area is 123 Å². The largest absolute Gasteiger partial charge is 0.493 e. The molecule has 0 saturated heterocycles. The summed E-state index contributed by atoms with van der Waals surface area (Å²) in [6.07, 6.45) is -0.107. The lowest BCUT2D eigenvalue weighted by Crippen LogP contribution is -2.36. The minimum absolute atomic E-state index is 0.0912. The molecule has 0 bridgehead atoms. The number of carbonyl (C=O) groups excluding carboxylic acids is 1. The van der Waals surface area contributed by atoms with Crippen molar-refractivity contribution in [2.24, 2.45) is 0 Å². The third-order valence-corrected chi connectivity index (χ3v) is 2.61. The van der Waals surface area contributed by atoms with Crippen LogP contribution in [0.5, 0.6) is 11.5 Å². The van der Waals surface area contributed by atoms with Gasteiger partial charge in [-0.2, -0.15) is 0 Å². The molecule has 0 aromatic heterocycles. The van der Waals surface area contributed by atoms with Gasteiger partial charge in [-0.05, 0) is 24.6 Å². The lowest BCUT2D eigenvalue weighted by Gasteiger charge is -2.12. The Morgan fingerprint density at radius 2 is 2.00 bits per heavy atom. The molecule has 1 aromatic rings. The van der Waals surface area contributed by atoms with Crippen molar-refractivity contribution in [1.29, 1.82) is 0 Å². The quantitative estimate of drug-likeness (QED) is 0.673. The molecule has 0 saturated carbocycles. The molecule has 0 radical (unpaired) electrons. The summed E-state index contributed by atoms with van der Waals surface area (Å²) in [7, 11) is 1.56.